The molecule has 5 aromatic rings. The van der Waals surface area contributed by atoms with Crippen molar-refractivity contribution in [2.24, 2.45) is 5.10 Å². The minimum absolute atomic E-state index is 0.187. The molecule has 8 heteroatoms. The lowest BCUT2D eigenvalue weighted by molar-refractivity contribution is 0.0956. The van der Waals surface area contributed by atoms with Gasteiger partial charge in [-0.1, -0.05) is 48.5 Å². The number of rotatable bonds is 7. The first-order valence-corrected chi connectivity index (χ1v) is 11.6. The van der Waals surface area contributed by atoms with Gasteiger partial charge >= 0.3 is 0 Å². The van der Waals surface area contributed by atoms with E-state index in [9.17, 15) is 4.79 Å². The number of benzene rings is 3. The maximum absolute atomic E-state index is 13.3. The van der Waals surface area contributed by atoms with Crippen LogP contribution in [0.2, 0.25) is 0 Å². The molecule has 3 N–H and O–H groups in total. The summed E-state index contributed by atoms with van der Waals surface area (Å²) in [7, 11) is 1.63. The summed E-state index contributed by atoms with van der Waals surface area (Å²) < 4.78 is 6.69. The van der Waals surface area contributed by atoms with Crippen LogP contribution in [0.4, 0.5) is 5.82 Å². The van der Waals surface area contributed by atoms with Gasteiger partial charge in [-0.3, -0.25) is 4.79 Å². The van der Waals surface area contributed by atoms with E-state index in [2.05, 4.69) is 10.4 Å². The van der Waals surface area contributed by atoms with Gasteiger partial charge in [-0.2, -0.15) is 9.78 Å². The molecular formula is C28H26N6O2. The second kappa shape index (κ2) is 9.87. The van der Waals surface area contributed by atoms with Gasteiger partial charge in [-0.25, -0.2) is 9.97 Å². The molecule has 0 saturated carbocycles. The fraction of sp³-hybridized carbons (Fsp3) is 0.143. The van der Waals surface area contributed by atoms with Crippen molar-refractivity contribution in [1.29, 1.82) is 0 Å². The molecule has 0 aliphatic rings. The van der Waals surface area contributed by atoms with Crippen molar-refractivity contribution in [2.45, 2.75) is 13.3 Å². The number of methoxy groups -OCH3 is 1. The lowest BCUT2D eigenvalue weighted by atomic mass is 10.1. The largest absolute Gasteiger partial charge is 0.497 e. The second-order valence-corrected chi connectivity index (χ2v) is 8.41. The van der Waals surface area contributed by atoms with Gasteiger partial charge in [0.2, 0.25) is 0 Å². The standard InChI is InChI=1S/C28H26N6O2/c1-18-7-3-4-8-20(18)17-31-34-26(29)24(25-27(34)33-23-10-6-5-9-22(23)32-25)28(35)30-16-15-19-11-13-21(36-2)14-12-19/h3-14,17H,15-16,29H2,1-2H3,(H,30,35)/b31-17-. The van der Waals surface area contributed by atoms with Gasteiger partial charge in [-0.15, -0.1) is 0 Å². The molecule has 0 aliphatic carbocycles. The van der Waals surface area contributed by atoms with Crippen LogP contribution in [0.5, 0.6) is 5.75 Å². The summed E-state index contributed by atoms with van der Waals surface area (Å²) in [6.07, 6.45) is 2.38. The molecule has 0 atom stereocenters. The fourth-order valence-electron chi connectivity index (χ4n) is 4.04. The Morgan fingerprint density at radius 3 is 2.44 bits per heavy atom. The van der Waals surface area contributed by atoms with Gasteiger partial charge in [0.1, 0.15) is 22.6 Å². The summed E-state index contributed by atoms with van der Waals surface area (Å²) in [5, 5.41) is 7.56. The highest BCUT2D eigenvalue weighted by atomic mass is 16.5. The smallest absolute Gasteiger partial charge is 0.257 e. The van der Waals surface area contributed by atoms with Crippen molar-refractivity contribution >= 4 is 40.1 Å². The Morgan fingerprint density at radius 2 is 1.72 bits per heavy atom. The Hall–Kier alpha value is -4.72. The number of fused-ring (bicyclic) bond motifs is 2. The number of carbonyl (C=O) groups excluding carboxylic acids is 1. The molecular weight excluding hydrogens is 452 g/mol. The van der Waals surface area contributed by atoms with E-state index in [1.54, 1.807) is 13.3 Å². The number of hydrogen-bond donors (Lipinski definition) is 2. The predicted octanol–water partition coefficient (Wildman–Crippen LogP) is 4.34. The topological polar surface area (TPSA) is 107 Å². The lowest BCUT2D eigenvalue weighted by Crippen LogP contribution is -2.26. The number of ether oxygens (including phenoxy) is 1. The molecule has 0 bridgehead atoms. The number of aryl methyl sites for hydroxylation is 1. The van der Waals surface area contributed by atoms with Gasteiger partial charge in [0.15, 0.2) is 5.65 Å². The highest BCUT2D eigenvalue weighted by molar-refractivity contribution is 6.10. The predicted molar refractivity (Wildman–Crippen MR) is 143 cm³/mol. The summed E-state index contributed by atoms with van der Waals surface area (Å²) >= 11 is 0. The van der Waals surface area contributed by atoms with Crippen LogP contribution in [0, 0.1) is 6.92 Å². The van der Waals surface area contributed by atoms with Gasteiger partial charge in [-0.05, 0) is 54.3 Å². The van der Waals surface area contributed by atoms with E-state index in [1.165, 1.54) is 4.68 Å². The highest BCUT2D eigenvalue weighted by Gasteiger charge is 2.24. The average molecular weight is 479 g/mol. The number of nitrogens with two attached hydrogens (primary N) is 1. The summed E-state index contributed by atoms with van der Waals surface area (Å²) in [5.41, 5.74) is 12.1. The molecule has 0 spiro atoms. The van der Waals surface area contributed by atoms with Gasteiger partial charge in [0.05, 0.1) is 24.4 Å². The number of amides is 1. The first kappa shape index (κ1) is 23.0. The Morgan fingerprint density at radius 1 is 1.03 bits per heavy atom. The van der Waals surface area contributed by atoms with E-state index in [0.29, 0.717) is 35.2 Å². The van der Waals surface area contributed by atoms with Crippen molar-refractivity contribution in [2.75, 3.05) is 19.4 Å². The van der Waals surface area contributed by atoms with Crippen molar-refractivity contribution in [3.05, 3.63) is 95.1 Å². The van der Waals surface area contributed by atoms with Crippen molar-refractivity contribution in [1.82, 2.24) is 20.0 Å². The SMILES string of the molecule is COc1ccc(CCNC(=O)c2c(N)n(/N=C\c3ccccc3C)c3nc4ccccc4nc23)cc1. The average Bonchev–Trinajstić information content (AvgIpc) is 3.17. The molecule has 8 nitrogen and oxygen atoms in total. The van der Waals surface area contributed by atoms with E-state index in [-0.39, 0.29) is 17.3 Å². The molecule has 0 saturated heterocycles. The van der Waals surface area contributed by atoms with Crippen LogP contribution >= 0.6 is 0 Å². The Labute approximate surface area is 208 Å². The van der Waals surface area contributed by atoms with Crippen LogP contribution < -0.4 is 15.8 Å². The van der Waals surface area contributed by atoms with Crippen LogP contribution in [0.15, 0.2) is 77.9 Å². The summed E-state index contributed by atoms with van der Waals surface area (Å²) in [6.45, 7) is 2.44. The molecule has 5 rings (SSSR count). The second-order valence-electron chi connectivity index (χ2n) is 8.41. The van der Waals surface area contributed by atoms with Crippen LogP contribution in [-0.4, -0.2) is 40.4 Å². The quantitative estimate of drug-likeness (QED) is 0.339. The Kier molecular flexibility index (Phi) is 6.32. The first-order valence-electron chi connectivity index (χ1n) is 11.6. The highest BCUT2D eigenvalue weighted by Crippen LogP contribution is 2.28. The number of hydrogen-bond acceptors (Lipinski definition) is 6. The minimum atomic E-state index is -0.319. The summed E-state index contributed by atoms with van der Waals surface area (Å²) in [6, 6.07) is 23.1. The number of nitrogens with zero attached hydrogens (tertiary/aromatic N) is 4. The Balaban J connectivity index is 1.49. The zero-order valence-corrected chi connectivity index (χ0v) is 20.1. The summed E-state index contributed by atoms with van der Waals surface area (Å²) in [5.74, 6) is 0.660. The van der Waals surface area contributed by atoms with Crippen LogP contribution in [0.25, 0.3) is 22.2 Å². The molecule has 1 amide bonds. The van der Waals surface area contributed by atoms with Crippen molar-refractivity contribution < 1.29 is 9.53 Å². The molecule has 0 aliphatic heterocycles. The van der Waals surface area contributed by atoms with E-state index < -0.39 is 0 Å². The van der Waals surface area contributed by atoms with Gasteiger partial charge in [0.25, 0.3) is 5.91 Å². The van der Waals surface area contributed by atoms with E-state index in [4.69, 9.17) is 20.4 Å². The summed E-state index contributed by atoms with van der Waals surface area (Å²) in [4.78, 5) is 22.8. The fourth-order valence-corrected chi connectivity index (χ4v) is 4.04. The van der Waals surface area contributed by atoms with E-state index >= 15 is 0 Å². The zero-order valence-electron chi connectivity index (χ0n) is 20.1. The third kappa shape index (κ3) is 4.48. The number of aromatic nitrogens is 3. The van der Waals surface area contributed by atoms with Crippen molar-refractivity contribution in [3.63, 3.8) is 0 Å². The Bertz CT molecular complexity index is 1590. The number of anilines is 1. The number of nitrogen functional groups attached to an aromatic ring is 1. The maximum atomic E-state index is 13.3. The monoisotopic (exact) mass is 478 g/mol. The van der Waals surface area contributed by atoms with Gasteiger partial charge in [0, 0.05) is 6.54 Å². The zero-order chi connectivity index (χ0) is 25.1. The molecule has 3 aromatic carbocycles. The molecule has 180 valence electrons. The molecule has 0 radical (unpaired) electrons. The van der Waals surface area contributed by atoms with E-state index in [0.717, 1.165) is 22.4 Å². The third-order valence-electron chi connectivity index (χ3n) is 6.06. The van der Waals surface area contributed by atoms with Gasteiger partial charge < -0.3 is 15.8 Å². The maximum Gasteiger partial charge on any atom is 0.257 e. The third-order valence-corrected chi connectivity index (χ3v) is 6.06. The minimum Gasteiger partial charge on any atom is -0.497 e. The van der Waals surface area contributed by atoms with Crippen LogP contribution in [0.1, 0.15) is 27.0 Å². The molecule has 36 heavy (non-hydrogen) atoms. The number of para-hydroxylation sites is 2. The van der Waals surface area contributed by atoms with E-state index in [1.807, 2.05) is 79.7 Å². The number of carbonyl (C=O) groups is 1. The molecule has 2 aromatic heterocycles. The van der Waals surface area contributed by atoms with Crippen LogP contribution in [-0.2, 0) is 6.42 Å². The number of nitrogens with one attached hydrogen (secondary N) is 1. The van der Waals surface area contributed by atoms with Crippen LogP contribution in [0.3, 0.4) is 0 Å². The van der Waals surface area contributed by atoms with Crippen molar-refractivity contribution in [3.8, 4) is 5.75 Å². The lowest BCUT2D eigenvalue weighted by Gasteiger charge is -2.06. The molecule has 0 unspecified atom stereocenters. The molecule has 2 heterocycles. The first-order chi connectivity index (χ1) is 17.5. The normalized spacial score (nSPS) is 11.4. The molecule has 0 fully saturated rings.